The third-order valence-corrected chi connectivity index (χ3v) is 2.65. The molecule has 0 spiro atoms. The molecule has 0 amide bonds. The highest BCUT2D eigenvalue weighted by atomic mass is 79.9. The van der Waals surface area contributed by atoms with Gasteiger partial charge in [0.05, 0.1) is 11.3 Å². The van der Waals surface area contributed by atoms with Gasteiger partial charge in [-0.2, -0.15) is 13.2 Å². The van der Waals surface area contributed by atoms with Gasteiger partial charge in [-0.3, -0.25) is 4.57 Å². The average molecular weight is 291 g/mol. The molecule has 0 aliphatic rings. The van der Waals surface area contributed by atoms with E-state index in [2.05, 4.69) is 20.9 Å². The van der Waals surface area contributed by atoms with E-state index in [-0.39, 0.29) is 5.69 Å². The summed E-state index contributed by atoms with van der Waals surface area (Å²) in [5.41, 5.74) is -0.631. The highest BCUT2D eigenvalue weighted by molar-refractivity contribution is 9.10. The number of imidazole rings is 1. The molecule has 0 N–H and O–H groups in total. The predicted molar refractivity (Wildman–Crippen MR) is 56.3 cm³/mol. The lowest BCUT2D eigenvalue weighted by Crippen LogP contribution is -2.10. The molecule has 0 bridgehead atoms. The van der Waals surface area contributed by atoms with Gasteiger partial charge in [0.15, 0.2) is 4.73 Å². The number of hydrogen-bond acceptors (Lipinski definition) is 1. The Morgan fingerprint density at radius 2 is 1.88 bits per heavy atom. The summed E-state index contributed by atoms with van der Waals surface area (Å²) in [6.07, 6.45) is -1.48. The summed E-state index contributed by atoms with van der Waals surface area (Å²) in [6.45, 7) is 0. The van der Waals surface area contributed by atoms with E-state index in [1.807, 2.05) is 0 Å². The quantitative estimate of drug-likeness (QED) is 0.784. The molecule has 0 aliphatic carbocycles. The van der Waals surface area contributed by atoms with Crippen LogP contribution >= 0.6 is 15.9 Å². The fourth-order valence-corrected chi connectivity index (χ4v) is 1.82. The Hall–Kier alpha value is -1.30. The van der Waals surface area contributed by atoms with E-state index in [9.17, 15) is 13.2 Å². The normalized spacial score (nSPS) is 11.8. The third kappa shape index (κ3) is 1.97. The molecule has 1 aromatic carbocycles. The van der Waals surface area contributed by atoms with Crippen molar-refractivity contribution in [3.8, 4) is 5.69 Å². The number of aromatic nitrogens is 2. The minimum atomic E-state index is -4.37. The maximum atomic E-state index is 12.7. The van der Waals surface area contributed by atoms with Crippen molar-refractivity contribution in [3.63, 3.8) is 0 Å². The van der Waals surface area contributed by atoms with Crippen LogP contribution in [0.2, 0.25) is 0 Å². The first-order valence-electron chi connectivity index (χ1n) is 4.35. The number of benzene rings is 1. The summed E-state index contributed by atoms with van der Waals surface area (Å²) in [5.74, 6) is 0. The monoisotopic (exact) mass is 290 g/mol. The Labute approximate surface area is 97.9 Å². The van der Waals surface area contributed by atoms with E-state index in [1.165, 1.54) is 29.1 Å². The molecule has 6 heteroatoms. The number of alkyl halides is 3. The fourth-order valence-electron chi connectivity index (χ4n) is 1.39. The first-order chi connectivity index (χ1) is 7.50. The number of hydrogen-bond donors (Lipinski definition) is 0. The first-order valence-corrected chi connectivity index (χ1v) is 5.15. The lowest BCUT2D eigenvalue weighted by molar-refractivity contribution is -0.137. The number of rotatable bonds is 1. The molecule has 16 heavy (non-hydrogen) atoms. The Morgan fingerprint density at radius 1 is 1.19 bits per heavy atom. The van der Waals surface area contributed by atoms with E-state index in [0.717, 1.165) is 6.07 Å². The summed E-state index contributed by atoms with van der Waals surface area (Å²) in [7, 11) is 0. The second-order valence-electron chi connectivity index (χ2n) is 3.08. The minimum Gasteiger partial charge on any atom is -0.294 e. The number of para-hydroxylation sites is 1. The molecule has 0 radical (unpaired) electrons. The third-order valence-electron chi connectivity index (χ3n) is 2.06. The summed E-state index contributed by atoms with van der Waals surface area (Å²) in [5, 5.41) is 0. The van der Waals surface area contributed by atoms with Crippen LogP contribution in [0.25, 0.3) is 5.69 Å². The van der Waals surface area contributed by atoms with Gasteiger partial charge in [0.1, 0.15) is 0 Å². The Kier molecular flexibility index (Phi) is 2.75. The van der Waals surface area contributed by atoms with Crippen LogP contribution in [-0.4, -0.2) is 9.55 Å². The first kappa shape index (κ1) is 11.2. The lowest BCUT2D eigenvalue weighted by atomic mass is 10.1. The minimum absolute atomic E-state index is 0.0550. The van der Waals surface area contributed by atoms with Crippen molar-refractivity contribution < 1.29 is 13.2 Å². The van der Waals surface area contributed by atoms with Crippen LogP contribution in [0.4, 0.5) is 13.2 Å². The predicted octanol–water partition coefficient (Wildman–Crippen LogP) is 3.65. The fraction of sp³-hybridized carbons (Fsp3) is 0.100. The molecule has 1 heterocycles. The van der Waals surface area contributed by atoms with Gasteiger partial charge < -0.3 is 0 Å². The van der Waals surface area contributed by atoms with Gasteiger partial charge in [-0.25, -0.2) is 4.98 Å². The molecule has 84 valence electrons. The zero-order valence-corrected chi connectivity index (χ0v) is 9.46. The van der Waals surface area contributed by atoms with Gasteiger partial charge in [-0.1, -0.05) is 12.1 Å². The molecule has 2 rings (SSSR count). The smallest absolute Gasteiger partial charge is 0.294 e. The van der Waals surface area contributed by atoms with Crippen molar-refractivity contribution in [2.24, 2.45) is 0 Å². The standard InChI is InChI=1S/C10H6BrF3N2/c11-9-15-5-6-16(9)8-4-2-1-3-7(8)10(12,13)14/h1-6H. The Morgan fingerprint density at radius 3 is 2.44 bits per heavy atom. The van der Waals surface area contributed by atoms with Gasteiger partial charge in [0.25, 0.3) is 0 Å². The summed E-state index contributed by atoms with van der Waals surface area (Å²) in [6, 6.07) is 5.35. The van der Waals surface area contributed by atoms with Gasteiger partial charge in [0.2, 0.25) is 0 Å². The molecule has 0 saturated carbocycles. The van der Waals surface area contributed by atoms with Crippen LogP contribution in [0.5, 0.6) is 0 Å². The van der Waals surface area contributed by atoms with Crippen LogP contribution in [0.3, 0.4) is 0 Å². The van der Waals surface area contributed by atoms with E-state index < -0.39 is 11.7 Å². The second-order valence-corrected chi connectivity index (χ2v) is 3.79. The molecule has 0 fully saturated rings. The molecule has 0 atom stereocenters. The van der Waals surface area contributed by atoms with E-state index in [4.69, 9.17) is 0 Å². The highest BCUT2D eigenvalue weighted by Gasteiger charge is 2.33. The van der Waals surface area contributed by atoms with Gasteiger partial charge in [-0.15, -0.1) is 0 Å². The van der Waals surface area contributed by atoms with E-state index in [0.29, 0.717) is 4.73 Å². The zero-order valence-electron chi connectivity index (χ0n) is 7.87. The van der Waals surface area contributed by atoms with Gasteiger partial charge >= 0.3 is 6.18 Å². The number of halogens is 4. The number of nitrogens with zero attached hydrogens (tertiary/aromatic N) is 2. The van der Waals surface area contributed by atoms with Crippen molar-refractivity contribution in [1.82, 2.24) is 9.55 Å². The van der Waals surface area contributed by atoms with Crippen LogP contribution in [0.15, 0.2) is 41.4 Å². The molecule has 2 nitrogen and oxygen atoms in total. The Balaban J connectivity index is 2.62. The maximum Gasteiger partial charge on any atom is 0.418 e. The second kappa shape index (κ2) is 3.93. The SMILES string of the molecule is FC(F)(F)c1ccccc1-n1ccnc1Br. The molecular weight excluding hydrogens is 285 g/mol. The molecule has 2 aromatic rings. The van der Waals surface area contributed by atoms with Crippen molar-refractivity contribution in [2.75, 3.05) is 0 Å². The zero-order chi connectivity index (χ0) is 11.8. The lowest BCUT2D eigenvalue weighted by Gasteiger charge is -2.13. The summed E-state index contributed by atoms with van der Waals surface area (Å²) >= 11 is 3.09. The van der Waals surface area contributed by atoms with E-state index in [1.54, 1.807) is 6.07 Å². The van der Waals surface area contributed by atoms with Gasteiger partial charge in [-0.05, 0) is 28.1 Å². The van der Waals surface area contributed by atoms with Crippen LogP contribution < -0.4 is 0 Å². The average Bonchev–Trinajstić information content (AvgIpc) is 2.63. The topological polar surface area (TPSA) is 17.8 Å². The van der Waals surface area contributed by atoms with Crippen LogP contribution in [-0.2, 0) is 6.18 Å². The molecule has 0 unspecified atom stereocenters. The van der Waals surface area contributed by atoms with Crippen molar-refractivity contribution in [2.45, 2.75) is 6.18 Å². The Bertz CT molecular complexity index is 505. The molecule has 0 aliphatic heterocycles. The molecular formula is C10H6BrF3N2. The largest absolute Gasteiger partial charge is 0.418 e. The van der Waals surface area contributed by atoms with Crippen molar-refractivity contribution in [1.29, 1.82) is 0 Å². The van der Waals surface area contributed by atoms with Crippen molar-refractivity contribution in [3.05, 3.63) is 47.0 Å². The van der Waals surface area contributed by atoms with Crippen LogP contribution in [0, 0.1) is 0 Å². The van der Waals surface area contributed by atoms with E-state index >= 15 is 0 Å². The molecule has 0 saturated heterocycles. The van der Waals surface area contributed by atoms with Crippen molar-refractivity contribution >= 4 is 15.9 Å². The van der Waals surface area contributed by atoms with Crippen LogP contribution in [0.1, 0.15) is 5.56 Å². The maximum absolute atomic E-state index is 12.7. The highest BCUT2D eigenvalue weighted by Crippen LogP contribution is 2.34. The summed E-state index contributed by atoms with van der Waals surface area (Å²) in [4.78, 5) is 3.83. The van der Waals surface area contributed by atoms with Gasteiger partial charge in [0, 0.05) is 12.4 Å². The summed E-state index contributed by atoms with van der Waals surface area (Å²) < 4.78 is 39.8. The molecule has 1 aromatic heterocycles.